The molecule has 0 fully saturated rings. The van der Waals surface area contributed by atoms with Crippen LogP contribution in [0.15, 0.2) is 66.3 Å². The first-order valence-electron chi connectivity index (χ1n) is 11.3. The molecular weight excluding hydrogens is 412 g/mol. The highest BCUT2D eigenvalue weighted by molar-refractivity contribution is 5.95. The predicted octanol–water partition coefficient (Wildman–Crippen LogP) is 5.35. The first-order valence-corrected chi connectivity index (χ1v) is 11.3. The van der Waals surface area contributed by atoms with Crippen molar-refractivity contribution in [1.29, 1.82) is 0 Å². The van der Waals surface area contributed by atoms with E-state index in [1.54, 1.807) is 12.1 Å². The average molecular weight is 445 g/mol. The molecule has 4 rings (SSSR count). The zero-order valence-corrected chi connectivity index (χ0v) is 20.1. The summed E-state index contributed by atoms with van der Waals surface area (Å²) in [6.45, 7) is 7.97. The van der Waals surface area contributed by atoms with Gasteiger partial charge in [-0.05, 0) is 54.0 Å². The van der Waals surface area contributed by atoms with Crippen LogP contribution in [0.1, 0.15) is 53.5 Å². The summed E-state index contributed by atoms with van der Waals surface area (Å²) >= 11 is 0. The fourth-order valence-electron chi connectivity index (χ4n) is 5.44. The molecule has 5 nitrogen and oxygen atoms in total. The largest absolute Gasteiger partial charge is 0.478 e. The minimum absolute atomic E-state index is 0.0636. The van der Waals surface area contributed by atoms with E-state index in [0.29, 0.717) is 24.2 Å². The van der Waals surface area contributed by atoms with E-state index in [-0.39, 0.29) is 16.7 Å². The number of anilines is 1. The molecule has 172 valence electrons. The fraction of sp³-hybridized carbons (Fsp3) is 0.357. The van der Waals surface area contributed by atoms with Gasteiger partial charge in [-0.15, -0.1) is 0 Å². The number of carboxylic acid groups (broad SMARTS) is 1. The van der Waals surface area contributed by atoms with Crippen molar-refractivity contribution >= 4 is 23.1 Å². The van der Waals surface area contributed by atoms with Crippen molar-refractivity contribution in [2.75, 3.05) is 32.1 Å². The van der Waals surface area contributed by atoms with Crippen LogP contribution in [0.4, 0.5) is 5.69 Å². The number of fused-ring (bicyclic) bond motifs is 1. The number of allylic oxidation sites excluding steroid dienone is 2. The molecule has 0 unspecified atom stereocenters. The number of amides is 1. The van der Waals surface area contributed by atoms with E-state index in [1.807, 2.05) is 60.3 Å². The lowest BCUT2D eigenvalue weighted by Crippen LogP contribution is -2.48. The molecule has 0 aromatic heterocycles. The van der Waals surface area contributed by atoms with Crippen molar-refractivity contribution in [2.24, 2.45) is 10.8 Å². The third-order valence-corrected chi connectivity index (χ3v) is 7.17. The second kappa shape index (κ2) is 8.22. The summed E-state index contributed by atoms with van der Waals surface area (Å²) in [5.74, 6) is -0.851. The highest BCUT2D eigenvalue weighted by atomic mass is 16.4. The molecule has 5 heteroatoms. The molecule has 0 bridgehead atoms. The molecule has 33 heavy (non-hydrogen) atoms. The van der Waals surface area contributed by atoms with Gasteiger partial charge in [0.1, 0.15) is 0 Å². The predicted molar refractivity (Wildman–Crippen MR) is 133 cm³/mol. The molecular formula is C28H32N2O3. The lowest BCUT2D eigenvalue weighted by molar-refractivity contribution is 0.0678. The minimum Gasteiger partial charge on any atom is -0.478 e. The van der Waals surface area contributed by atoms with E-state index >= 15 is 0 Å². The van der Waals surface area contributed by atoms with Crippen LogP contribution in [0.3, 0.4) is 0 Å². The van der Waals surface area contributed by atoms with Crippen molar-refractivity contribution < 1.29 is 14.7 Å². The van der Waals surface area contributed by atoms with Crippen LogP contribution in [0, 0.1) is 10.8 Å². The van der Waals surface area contributed by atoms with Gasteiger partial charge in [-0.2, -0.15) is 0 Å². The summed E-state index contributed by atoms with van der Waals surface area (Å²) in [7, 11) is 3.98. The minimum atomic E-state index is -0.915. The normalized spacial score (nSPS) is 21.5. The third-order valence-electron chi connectivity index (χ3n) is 7.17. The van der Waals surface area contributed by atoms with Gasteiger partial charge >= 0.3 is 5.97 Å². The molecule has 2 aromatic rings. The number of carbonyl (C=O) groups is 2. The Hall–Kier alpha value is -3.34. The number of hydrogen-bond donors (Lipinski definition) is 1. The maximum absolute atomic E-state index is 13.3. The summed E-state index contributed by atoms with van der Waals surface area (Å²) in [6.07, 6.45) is 5.34. The summed E-state index contributed by atoms with van der Waals surface area (Å²) in [5.41, 5.74) is 5.35. The Morgan fingerprint density at radius 2 is 1.52 bits per heavy atom. The monoisotopic (exact) mass is 444 g/mol. The zero-order valence-electron chi connectivity index (χ0n) is 20.1. The van der Waals surface area contributed by atoms with Crippen LogP contribution in [0.25, 0.3) is 5.57 Å². The Kier molecular flexibility index (Phi) is 5.69. The number of carboxylic acids is 1. The van der Waals surface area contributed by atoms with Crippen LogP contribution >= 0.6 is 0 Å². The number of hydrogen-bond acceptors (Lipinski definition) is 3. The third kappa shape index (κ3) is 4.08. The fourth-order valence-corrected chi connectivity index (χ4v) is 5.44. The van der Waals surface area contributed by atoms with Gasteiger partial charge < -0.3 is 14.9 Å². The van der Waals surface area contributed by atoms with Gasteiger partial charge in [0, 0.05) is 49.3 Å². The Balaban J connectivity index is 1.59. The maximum atomic E-state index is 13.3. The molecule has 1 amide bonds. The lowest BCUT2D eigenvalue weighted by Gasteiger charge is -2.50. The summed E-state index contributed by atoms with van der Waals surface area (Å²) < 4.78 is 0. The van der Waals surface area contributed by atoms with E-state index in [2.05, 4.69) is 32.9 Å². The standard InChI is InChI=1S/C28H32N2O3/c1-27(2)23(19-6-8-21(9-7-19)26(32)33)14-16-28(3)18-30(17-15-24(27)28)25(31)20-10-12-22(13-11-20)29(4)5/h6-15H,16-18H2,1-5H3,(H,32,33)/t28-/m1/s1. The Morgan fingerprint density at radius 3 is 2.09 bits per heavy atom. The van der Waals surface area contributed by atoms with Crippen molar-refractivity contribution in [1.82, 2.24) is 4.90 Å². The number of rotatable bonds is 4. The summed E-state index contributed by atoms with van der Waals surface area (Å²) in [4.78, 5) is 28.4. The molecule has 2 aromatic carbocycles. The number of carbonyl (C=O) groups excluding carboxylic acids is 1. The quantitative estimate of drug-likeness (QED) is 0.646. The first-order chi connectivity index (χ1) is 15.5. The van der Waals surface area contributed by atoms with E-state index < -0.39 is 5.97 Å². The Bertz CT molecular complexity index is 1140. The molecule has 0 radical (unpaired) electrons. The summed E-state index contributed by atoms with van der Waals surface area (Å²) in [6, 6.07) is 14.9. The lowest BCUT2D eigenvalue weighted by atomic mass is 9.58. The maximum Gasteiger partial charge on any atom is 0.335 e. The topological polar surface area (TPSA) is 60.9 Å². The molecule has 1 heterocycles. The van der Waals surface area contributed by atoms with Gasteiger partial charge in [-0.3, -0.25) is 4.79 Å². The number of nitrogens with zero attached hydrogens (tertiary/aromatic N) is 2. The van der Waals surface area contributed by atoms with E-state index in [0.717, 1.165) is 17.7 Å². The second-order valence-corrected chi connectivity index (χ2v) is 10.1. The number of aromatic carboxylic acids is 1. The van der Waals surface area contributed by atoms with E-state index in [9.17, 15) is 14.7 Å². The van der Waals surface area contributed by atoms with Gasteiger partial charge in [0.05, 0.1) is 5.56 Å². The molecule has 1 atom stereocenters. The first kappa shape index (κ1) is 22.8. The highest BCUT2D eigenvalue weighted by Crippen LogP contribution is 2.55. The highest BCUT2D eigenvalue weighted by Gasteiger charge is 2.46. The van der Waals surface area contributed by atoms with Crippen LogP contribution in [-0.2, 0) is 0 Å². The Morgan fingerprint density at radius 1 is 0.909 bits per heavy atom. The number of benzene rings is 2. The van der Waals surface area contributed by atoms with Gasteiger partial charge in [0.25, 0.3) is 5.91 Å². The molecule has 2 aliphatic rings. The second-order valence-electron chi connectivity index (χ2n) is 10.1. The summed E-state index contributed by atoms with van der Waals surface area (Å²) in [5, 5.41) is 9.21. The molecule has 0 spiro atoms. The molecule has 0 saturated heterocycles. The van der Waals surface area contributed by atoms with Crippen molar-refractivity contribution in [3.05, 3.63) is 82.9 Å². The smallest absolute Gasteiger partial charge is 0.335 e. The van der Waals surface area contributed by atoms with Crippen LogP contribution in [-0.4, -0.2) is 49.1 Å². The Labute approximate surface area is 196 Å². The van der Waals surface area contributed by atoms with Crippen LogP contribution < -0.4 is 4.90 Å². The van der Waals surface area contributed by atoms with Crippen LogP contribution in [0.2, 0.25) is 0 Å². The van der Waals surface area contributed by atoms with E-state index in [1.165, 1.54) is 11.1 Å². The average Bonchev–Trinajstić information content (AvgIpc) is 2.78. The van der Waals surface area contributed by atoms with Crippen molar-refractivity contribution in [2.45, 2.75) is 27.2 Å². The SMILES string of the molecule is CN(C)c1ccc(C(=O)N2CC=C3C(C)(C)C(c4ccc(C(=O)O)cc4)=CC[C@]3(C)C2)cc1. The van der Waals surface area contributed by atoms with Crippen LogP contribution in [0.5, 0.6) is 0 Å². The van der Waals surface area contributed by atoms with Gasteiger partial charge in [0.2, 0.25) is 0 Å². The van der Waals surface area contributed by atoms with Gasteiger partial charge in [-0.25, -0.2) is 4.79 Å². The molecule has 1 N–H and O–H groups in total. The molecule has 0 saturated carbocycles. The van der Waals surface area contributed by atoms with Crippen molar-refractivity contribution in [3.8, 4) is 0 Å². The molecule has 1 aliphatic carbocycles. The van der Waals surface area contributed by atoms with Crippen molar-refractivity contribution in [3.63, 3.8) is 0 Å². The van der Waals surface area contributed by atoms with E-state index in [4.69, 9.17) is 0 Å². The van der Waals surface area contributed by atoms with Gasteiger partial charge in [-0.1, -0.05) is 50.6 Å². The zero-order chi connectivity index (χ0) is 24.0. The molecule has 1 aliphatic heterocycles. The van der Waals surface area contributed by atoms with Gasteiger partial charge in [0.15, 0.2) is 0 Å².